The van der Waals surface area contributed by atoms with Crippen LogP contribution in [0.1, 0.15) is 36.2 Å². The van der Waals surface area contributed by atoms with E-state index in [9.17, 15) is 9.59 Å². The second-order valence-corrected chi connectivity index (χ2v) is 8.27. The zero-order valence-corrected chi connectivity index (χ0v) is 17.1. The molecule has 6 heteroatoms. The number of esters is 1. The normalized spacial score (nSPS) is 11.0. The number of para-hydroxylation sites is 1. The van der Waals surface area contributed by atoms with E-state index >= 15 is 0 Å². The summed E-state index contributed by atoms with van der Waals surface area (Å²) in [5.41, 5.74) is 2.15. The van der Waals surface area contributed by atoms with Crippen LogP contribution in [0.4, 0.5) is 0 Å². The van der Waals surface area contributed by atoms with E-state index in [0.717, 1.165) is 15.5 Å². The number of ether oxygens (including phenoxy) is 1. The minimum absolute atomic E-state index is 0.208. The molecule has 0 saturated heterocycles. The topological polar surface area (TPSA) is 69.4 Å². The number of nitrogens with zero attached hydrogens (tertiary/aromatic N) is 1. The van der Waals surface area contributed by atoms with E-state index in [4.69, 9.17) is 9.15 Å². The first-order valence-electron chi connectivity index (χ1n) is 9.16. The Morgan fingerprint density at radius 3 is 2.52 bits per heavy atom. The van der Waals surface area contributed by atoms with Gasteiger partial charge in [-0.25, -0.2) is 9.78 Å². The molecule has 3 heterocycles. The lowest BCUT2D eigenvalue weighted by Crippen LogP contribution is -2.15. The summed E-state index contributed by atoms with van der Waals surface area (Å²) in [6.45, 7) is 5.38. The van der Waals surface area contributed by atoms with Crippen LogP contribution in [0.25, 0.3) is 22.4 Å². The third-order valence-electron chi connectivity index (χ3n) is 4.60. The number of fused-ring (bicyclic) bond motifs is 1. The van der Waals surface area contributed by atoms with Crippen molar-refractivity contribution in [2.45, 2.75) is 20.8 Å². The third-order valence-corrected chi connectivity index (χ3v) is 5.57. The number of ketones is 1. The number of furan rings is 1. The van der Waals surface area contributed by atoms with Crippen molar-refractivity contribution in [3.8, 4) is 11.5 Å². The molecule has 3 aromatic heterocycles. The number of rotatable bonds is 5. The van der Waals surface area contributed by atoms with Crippen molar-refractivity contribution >= 4 is 34.0 Å². The monoisotopic (exact) mass is 405 g/mol. The van der Waals surface area contributed by atoms with Gasteiger partial charge in [0.1, 0.15) is 11.5 Å². The van der Waals surface area contributed by atoms with Crippen LogP contribution in [-0.2, 0) is 4.74 Å². The Bertz CT molecular complexity index is 1230. The fraction of sp³-hybridized carbons (Fsp3) is 0.174. The number of carbonyl (C=O) groups is 2. The number of aromatic nitrogens is 1. The van der Waals surface area contributed by atoms with E-state index in [1.54, 1.807) is 17.4 Å². The van der Waals surface area contributed by atoms with Gasteiger partial charge in [-0.2, -0.15) is 0 Å². The van der Waals surface area contributed by atoms with Crippen molar-refractivity contribution < 1.29 is 18.7 Å². The molecule has 0 unspecified atom stereocenters. The zero-order chi connectivity index (χ0) is 20.5. The molecule has 4 rings (SSSR count). The Balaban J connectivity index is 1.64. The van der Waals surface area contributed by atoms with Crippen LogP contribution in [0.3, 0.4) is 0 Å². The van der Waals surface area contributed by atoms with E-state index in [0.29, 0.717) is 33.5 Å². The highest BCUT2D eigenvalue weighted by atomic mass is 32.1. The van der Waals surface area contributed by atoms with E-state index in [-0.39, 0.29) is 12.4 Å². The summed E-state index contributed by atoms with van der Waals surface area (Å²) in [6, 6.07) is 14.5. The molecule has 0 bridgehead atoms. The fourth-order valence-corrected chi connectivity index (χ4v) is 4.18. The Morgan fingerprint density at radius 2 is 1.83 bits per heavy atom. The summed E-state index contributed by atoms with van der Waals surface area (Å²) in [5.74, 6) is 0.556. The molecule has 146 valence electrons. The highest BCUT2D eigenvalue weighted by Crippen LogP contribution is 2.27. The Labute approximate surface area is 172 Å². The fourth-order valence-electron chi connectivity index (χ4n) is 3.24. The molecule has 5 nitrogen and oxygen atoms in total. The van der Waals surface area contributed by atoms with Crippen molar-refractivity contribution in [2.75, 3.05) is 6.61 Å². The lowest BCUT2D eigenvalue weighted by atomic mass is 10.1. The molecule has 0 saturated carbocycles. The van der Waals surface area contributed by atoms with Crippen molar-refractivity contribution in [1.82, 2.24) is 4.98 Å². The summed E-state index contributed by atoms with van der Waals surface area (Å²) in [7, 11) is 0. The van der Waals surface area contributed by atoms with Crippen LogP contribution in [0.2, 0.25) is 0 Å². The van der Waals surface area contributed by atoms with Gasteiger partial charge in [0.15, 0.2) is 12.4 Å². The molecule has 0 atom stereocenters. The lowest BCUT2D eigenvalue weighted by molar-refractivity contribution is 0.0476. The van der Waals surface area contributed by atoms with Crippen molar-refractivity contribution in [2.24, 2.45) is 0 Å². The minimum Gasteiger partial charge on any atom is -0.460 e. The molecule has 0 fully saturated rings. The molecule has 4 aromatic rings. The van der Waals surface area contributed by atoms with Crippen molar-refractivity contribution in [1.29, 1.82) is 0 Å². The summed E-state index contributed by atoms with van der Waals surface area (Å²) in [6.07, 6.45) is 0. The summed E-state index contributed by atoms with van der Waals surface area (Å²) >= 11 is 1.55. The number of thiophene rings is 1. The minimum atomic E-state index is -0.564. The average molecular weight is 405 g/mol. The summed E-state index contributed by atoms with van der Waals surface area (Å²) in [5, 5.41) is 0.666. The maximum atomic E-state index is 12.8. The molecule has 0 spiro atoms. The molecule has 0 aliphatic rings. The average Bonchev–Trinajstić information content (AvgIpc) is 3.29. The number of aryl methyl sites for hydroxylation is 3. The highest BCUT2D eigenvalue weighted by molar-refractivity contribution is 7.12. The van der Waals surface area contributed by atoms with Crippen molar-refractivity contribution in [3.63, 3.8) is 0 Å². The first-order valence-corrected chi connectivity index (χ1v) is 9.98. The number of benzene rings is 1. The molecular formula is C23H19NO4S. The predicted molar refractivity (Wildman–Crippen MR) is 113 cm³/mol. The number of hydrogen-bond acceptors (Lipinski definition) is 6. The van der Waals surface area contributed by atoms with E-state index in [1.165, 1.54) is 0 Å². The maximum Gasteiger partial charge on any atom is 0.339 e. The zero-order valence-electron chi connectivity index (χ0n) is 16.3. The van der Waals surface area contributed by atoms with E-state index < -0.39 is 5.97 Å². The van der Waals surface area contributed by atoms with Crippen LogP contribution in [-0.4, -0.2) is 23.3 Å². The molecule has 0 aliphatic carbocycles. The first kappa shape index (κ1) is 19.1. The molecule has 1 aromatic carbocycles. The van der Waals surface area contributed by atoms with Crippen LogP contribution in [0.5, 0.6) is 0 Å². The second kappa shape index (κ2) is 7.64. The van der Waals surface area contributed by atoms with Gasteiger partial charge in [-0.1, -0.05) is 18.2 Å². The predicted octanol–water partition coefficient (Wildman–Crippen LogP) is 5.52. The SMILES string of the molecule is Cc1ccc(-c2cc(C(=O)OCC(=O)c3cc(C)sc3C)c3ccccc3n2)o1. The number of hydrogen-bond donors (Lipinski definition) is 0. The Kier molecular flexibility index (Phi) is 5.03. The van der Waals surface area contributed by atoms with E-state index in [1.807, 2.05) is 63.2 Å². The lowest BCUT2D eigenvalue weighted by Gasteiger charge is -2.09. The first-order chi connectivity index (χ1) is 13.9. The molecule has 0 radical (unpaired) electrons. The van der Waals surface area contributed by atoms with Gasteiger partial charge in [0.25, 0.3) is 0 Å². The van der Waals surface area contributed by atoms with Gasteiger partial charge < -0.3 is 9.15 Å². The number of Topliss-reactive ketones (excluding diaryl/α,β-unsaturated/α-hetero) is 1. The van der Waals surface area contributed by atoms with Crippen molar-refractivity contribution in [3.05, 3.63) is 75.2 Å². The van der Waals surface area contributed by atoms with Gasteiger partial charge in [-0.05, 0) is 51.1 Å². The maximum absolute atomic E-state index is 12.8. The standard InChI is InChI=1S/C23H19NO4S/c1-13-8-9-22(28-13)20-11-18(16-6-4-5-7-19(16)24-20)23(26)27-12-21(25)17-10-14(2)29-15(17)3/h4-11H,12H2,1-3H3. The highest BCUT2D eigenvalue weighted by Gasteiger charge is 2.19. The van der Waals surface area contributed by atoms with Gasteiger partial charge in [0.05, 0.1) is 11.1 Å². The van der Waals surface area contributed by atoms with Gasteiger partial charge >= 0.3 is 5.97 Å². The van der Waals surface area contributed by atoms with E-state index in [2.05, 4.69) is 4.98 Å². The molecule has 29 heavy (non-hydrogen) atoms. The largest absolute Gasteiger partial charge is 0.460 e. The molecular weight excluding hydrogens is 386 g/mol. The summed E-state index contributed by atoms with van der Waals surface area (Å²) < 4.78 is 11.0. The Hall–Kier alpha value is -3.25. The number of pyridine rings is 1. The van der Waals surface area contributed by atoms with Gasteiger partial charge in [-0.15, -0.1) is 11.3 Å². The van der Waals surface area contributed by atoms with Crippen LogP contribution < -0.4 is 0 Å². The smallest absolute Gasteiger partial charge is 0.339 e. The molecule has 0 aliphatic heterocycles. The molecule has 0 N–H and O–H groups in total. The Morgan fingerprint density at radius 1 is 1.03 bits per heavy atom. The van der Waals surface area contributed by atoms with Crippen LogP contribution in [0.15, 0.2) is 52.9 Å². The molecule has 0 amide bonds. The van der Waals surface area contributed by atoms with Gasteiger partial charge in [-0.3, -0.25) is 4.79 Å². The quantitative estimate of drug-likeness (QED) is 0.323. The van der Waals surface area contributed by atoms with Crippen LogP contribution >= 0.6 is 11.3 Å². The number of carbonyl (C=O) groups excluding carboxylic acids is 2. The second-order valence-electron chi connectivity index (χ2n) is 6.81. The van der Waals surface area contributed by atoms with Crippen LogP contribution in [0, 0.1) is 20.8 Å². The summed E-state index contributed by atoms with van der Waals surface area (Å²) in [4.78, 5) is 31.9. The van der Waals surface area contributed by atoms with Gasteiger partial charge in [0, 0.05) is 20.7 Å². The van der Waals surface area contributed by atoms with Gasteiger partial charge in [0.2, 0.25) is 5.78 Å². The third kappa shape index (κ3) is 3.84.